The third kappa shape index (κ3) is 9.37. The van der Waals surface area contributed by atoms with Gasteiger partial charge >= 0.3 is 0 Å². The molecular weight excluding hydrogens is 594 g/mol. The van der Waals surface area contributed by atoms with E-state index in [4.69, 9.17) is 14.5 Å². The predicted octanol–water partition coefficient (Wildman–Crippen LogP) is 7.87. The maximum absolute atomic E-state index is 10.8. The fourth-order valence-electron chi connectivity index (χ4n) is 4.05. The highest BCUT2D eigenvalue weighted by atomic mass is 32.1. The Morgan fingerprint density at radius 1 is 0.622 bits per heavy atom. The van der Waals surface area contributed by atoms with Crippen molar-refractivity contribution in [2.75, 3.05) is 13.1 Å². The van der Waals surface area contributed by atoms with Gasteiger partial charge in [-0.1, -0.05) is 0 Å². The molecule has 0 saturated carbocycles. The molecule has 226 valence electrons. The van der Waals surface area contributed by atoms with Crippen LogP contribution >= 0.6 is 11.3 Å². The lowest BCUT2D eigenvalue weighted by atomic mass is 10.2. The van der Waals surface area contributed by atoms with E-state index in [1.165, 1.54) is 24.3 Å². The Bertz CT molecular complexity index is 1650. The first-order valence-corrected chi connectivity index (χ1v) is 14.8. The van der Waals surface area contributed by atoms with E-state index in [0.717, 1.165) is 34.7 Å². The number of nitro benzene ring substituents is 2. The molecule has 0 aliphatic carbocycles. The molecule has 4 aromatic carbocycles. The summed E-state index contributed by atoms with van der Waals surface area (Å²) in [4.78, 5) is 34.4. The van der Waals surface area contributed by atoms with Crippen molar-refractivity contribution >= 4 is 35.1 Å². The Hall–Kier alpha value is -5.75. The molecule has 1 heterocycles. The Morgan fingerprint density at radius 2 is 1.02 bits per heavy atom. The summed E-state index contributed by atoms with van der Waals surface area (Å²) in [5, 5.41) is 24.6. The van der Waals surface area contributed by atoms with Crippen molar-refractivity contribution in [1.29, 1.82) is 0 Å². The van der Waals surface area contributed by atoms with Crippen LogP contribution in [-0.4, -0.2) is 40.3 Å². The minimum Gasteiger partial charge on any atom is -0.457 e. The molecule has 5 aromatic rings. The molecule has 12 heteroatoms. The minimum atomic E-state index is -0.447. The van der Waals surface area contributed by atoms with Crippen LogP contribution in [0, 0.1) is 20.2 Å². The molecule has 0 atom stereocenters. The number of rotatable bonds is 14. The van der Waals surface area contributed by atoms with Crippen LogP contribution in [0.3, 0.4) is 0 Å². The predicted molar refractivity (Wildman–Crippen MR) is 174 cm³/mol. The van der Waals surface area contributed by atoms with Gasteiger partial charge < -0.3 is 9.47 Å². The van der Waals surface area contributed by atoms with E-state index in [-0.39, 0.29) is 11.4 Å². The third-order valence-corrected chi connectivity index (χ3v) is 7.32. The summed E-state index contributed by atoms with van der Waals surface area (Å²) in [6.45, 7) is 1.24. The topological polar surface area (TPSA) is 142 Å². The molecule has 1 aromatic heterocycles. The molecule has 0 bridgehead atoms. The number of aliphatic imine (C=N–C) groups is 2. The maximum Gasteiger partial charge on any atom is 0.269 e. The SMILES string of the molecule is O=[N+]([O-])c1ccc(Oc2ccc(C=NCCc3csc(CCN=Cc4ccc(Oc5ccc([N+](=O)[O-])cc5)cc4)n3)cc2)cc1. The van der Waals surface area contributed by atoms with Gasteiger partial charge in [0.1, 0.15) is 23.0 Å². The lowest BCUT2D eigenvalue weighted by Gasteiger charge is -2.05. The zero-order valence-electron chi connectivity index (χ0n) is 23.9. The van der Waals surface area contributed by atoms with E-state index in [1.807, 2.05) is 61.0 Å². The Kier molecular flexibility index (Phi) is 10.3. The highest BCUT2D eigenvalue weighted by Crippen LogP contribution is 2.25. The van der Waals surface area contributed by atoms with Gasteiger partial charge in [-0.05, 0) is 83.9 Å². The summed E-state index contributed by atoms with van der Waals surface area (Å²) in [5.74, 6) is 2.31. The first kappa shape index (κ1) is 30.7. The molecular formula is C33H27N5O6S. The van der Waals surface area contributed by atoms with Gasteiger partial charge in [-0.25, -0.2) is 4.98 Å². The van der Waals surface area contributed by atoms with Crippen molar-refractivity contribution in [1.82, 2.24) is 4.98 Å². The van der Waals surface area contributed by atoms with Gasteiger partial charge in [0, 0.05) is 68.0 Å². The number of hydrogen-bond acceptors (Lipinski definition) is 10. The third-order valence-electron chi connectivity index (χ3n) is 6.36. The van der Waals surface area contributed by atoms with Gasteiger partial charge in [0.15, 0.2) is 0 Å². The van der Waals surface area contributed by atoms with Crippen molar-refractivity contribution in [2.24, 2.45) is 9.98 Å². The maximum atomic E-state index is 10.8. The largest absolute Gasteiger partial charge is 0.457 e. The van der Waals surface area contributed by atoms with Crippen LogP contribution in [0.25, 0.3) is 0 Å². The standard InChI is InChI=1S/C33H27N5O6S/c39-37(40)27-5-13-31(14-6-27)43-29-9-1-24(2-10-29)21-34-19-17-26-23-45-33(36-26)18-20-35-22-25-3-11-30(12-4-25)44-32-15-7-28(8-16-32)38(41)42/h1-16,21-23H,17-20H2. The molecule has 0 spiro atoms. The van der Waals surface area contributed by atoms with Gasteiger partial charge in [0.2, 0.25) is 0 Å². The molecule has 0 radical (unpaired) electrons. The molecule has 11 nitrogen and oxygen atoms in total. The summed E-state index contributed by atoms with van der Waals surface area (Å²) in [6.07, 6.45) is 5.12. The van der Waals surface area contributed by atoms with Gasteiger partial charge in [-0.15, -0.1) is 11.3 Å². The first-order chi connectivity index (χ1) is 21.9. The van der Waals surface area contributed by atoms with Crippen molar-refractivity contribution in [3.8, 4) is 23.0 Å². The number of benzene rings is 4. The Morgan fingerprint density at radius 3 is 1.44 bits per heavy atom. The van der Waals surface area contributed by atoms with Crippen LogP contribution in [0.15, 0.2) is 112 Å². The molecule has 0 aliphatic heterocycles. The quantitative estimate of drug-likeness (QED) is 0.0697. The molecule has 5 rings (SSSR count). The fourth-order valence-corrected chi connectivity index (χ4v) is 4.87. The van der Waals surface area contributed by atoms with Crippen molar-refractivity contribution in [3.63, 3.8) is 0 Å². The molecule has 0 unspecified atom stereocenters. The highest BCUT2D eigenvalue weighted by Gasteiger charge is 2.07. The summed E-state index contributed by atoms with van der Waals surface area (Å²) in [6, 6.07) is 26.8. The smallest absolute Gasteiger partial charge is 0.269 e. The molecule has 0 aliphatic rings. The zero-order chi connectivity index (χ0) is 31.4. The number of ether oxygens (including phenoxy) is 2. The van der Waals surface area contributed by atoms with E-state index in [1.54, 1.807) is 35.6 Å². The average molecular weight is 622 g/mol. The second-order valence-electron chi connectivity index (χ2n) is 9.65. The van der Waals surface area contributed by atoms with Crippen LogP contribution in [0.5, 0.6) is 23.0 Å². The number of aromatic nitrogens is 1. The van der Waals surface area contributed by atoms with Crippen molar-refractivity contribution in [3.05, 3.63) is 144 Å². The number of thiazole rings is 1. The van der Waals surface area contributed by atoms with E-state index >= 15 is 0 Å². The fraction of sp³-hybridized carbons (Fsp3) is 0.121. The minimum absolute atomic E-state index is 0.0175. The molecule has 0 saturated heterocycles. The van der Waals surface area contributed by atoms with E-state index in [0.29, 0.717) is 36.1 Å². The van der Waals surface area contributed by atoms with Gasteiger partial charge in [-0.3, -0.25) is 30.2 Å². The lowest BCUT2D eigenvalue weighted by molar-refractivity contribution is -0.385. The molecule has 0 amide bonds. The monoisotopic (exact) mass is 621 g/mol. The van der Waals surface area contributed by atoms with E-state index in [9.17, 15) is 20.2 Å². The molecule has 0 N–H and O–H groups in total. The zero-order valence-corrected chi connectivity index (χ0v) is 24.7. The van der Waals surface area contributed by atoms with Crippen LogP contribution in [0.1, 0.15) is 21.8 Å². The number of non-ortho nitro benzene ring substituents is 2. The highest BCUT2D eigenvalue weighted by molar-refractivity contribution is 7.09. The Balaban J connectivity index is 1.00. The van der Waals surface area contributed by atoms with E-state index in [2.05, 4.69) is 15.4 Å². The summed E-state index contributed by atoms with van der Waals surface area (Å²) in [5.41, 5.74) is 2.92. The van der Waals surface area contributed by atoms with Crippen molar-refractivity contribution < 1.29 is 19.3 Å². The van der Waals surface area contributed by atoms with Gasteiger partial charge in [-0.2, -0.15) is 0 Å². The number of nitro groups is 2. The van der Waals surface area contributed by atoms with Gasteiger partial charge in [0.05, 0.1) is 20.5 Å². The summed E-state index contributed by atoms with van der Waals surface area (Å²) < 4.78 is 11.5. The van der Waals surface area contributed by atoms with Crippen LogP contribution in [0.4, 0.5) is 11.4 Å². The summed E-state index contributed by atoms with van der Waals surface area (Å²) in [7, 11) is 0. The van der Waals surface area contributed by atoms with Gasteiger partial charge in [0.25, 0.3) is 11.4 Å². The molecule has 0 fully saturated rings. The average Bonchev–Trinajstić information content (AvgIpc) is 3.51. The van der Waals surface area contributed by atoms with E-state index < -0.39 is 9.85 Å². The first-order valence-electron chi connectivity index (χ1n) is 13.9. The molecule has 45 heavy (non-hydrogen) atoms. The van der Waals surface area contributed by atoms with Crippen LogP contribution in [0.2, 0.25) is 0 Å². The second-order valence-corrected chi connectivity index (χ2v) is 10.6. The van der Waals surface area contributed by atoms with Crippen molar-refractivity contribution in [2.45, 2.75) is 12.8 Å². The summed E-state index contributed by atoms with van der Waals surface area (Å²) >= 11 is 1.62. The second kappa shape index (κ2) is 15.1. The normalized spacial score (nSPS) is 11.2. The Labute approximate surface area is 262 Å². The van der Waals surface area contributed by atoms with Crippen LogP contribution < -0.4 is 9.47 Å². The lowest BCUT2D eigenvalue weighted by Crippen LogP contribution is -1.94. The number of hydrogen-bond donors (Lipinski definition) is 0. The van der Waals surface area contributed by atoms with Crippen LogP contribution in [-0.2, 0) is 12.8 Å². The number of nitrogens with zero attached hydrogens (tertiary/aromatic N) is 5.